The smallest absolute Gasteiger partial charge is 0 e. The number of nitrogens with two attached hydrogens (primary N) is 1. The molecule has 0 aliphatic carbocycles. The number of unbranched alkanes of at least 4 members (excludes halogenated alkanes) is 3. The molecule has 0 atom stereocenters. The van der Waals surface area contributed by atoms with Gasteiger partial charge in [0.15, 0.2) is 0 Å². The molecule has 0 amide bonds. The Morgan fingerprint density at radius 2 is 1.70 bits per heavy atom. The van der Waals surface area contributed by atoms with E-state index < -0.39 is 0 Å². The topological polar surface area (TPSA) is 26.0 Å². The Balaban J connectivity index is 0. The van der Waals surface area contributed by atoms with Crippen molar-refractivity contribution in [2.45, 2.75) is 46.0 Å². The standard InChI is InChI=1S/C9H21N.H2/c1-9(2)7-5-3-4-6-8-10;/h9H,3-8,10H2,1-2H3;1H. The van der Waals surface area contributed by atoms with Crippen molar-refractivity contribution < 1.29 is 1.43 Å². The minimum Gasteiger partial charge on any atom is -0.330 e. The van der Waals surface area contributed by atoms with Crippen molar-refractivity contribution in [3.8, 4) is 0 Å². The van der Waals surface area contributed by atoms with Crippen LogP contribution in [0, 0.1) is 5.92 Å². The van der Waals surface area contributed by atoms with Crippen LogP contribution < -0.4 is 5.73 Å². The Kier molecular flexibility index (Phi) is 7.04. The highest BCUT2D eigenvalue weighted by Gasteiger charge is 1.92. The largest absolute Gasteiger partial charge is 0.330 e. The first-order valence-corrected chi connectivity index (χ1v) is 4.47. The molecule has 0 bridgehead atoms. The van der Waals surface area contributed by atoms with Gasteiger partial charge in [0, 0.05) is 1.43 Å². The highest BCUT2D eigenvalue weighted by molar-refractivity contribution is 4.47. The van der Waals surface area contributed by atoms with Crippen LogP contribution in [0.25, 0.3) is 0 Å². The molecule has 0 aliphatic heterocycles. The predicted octanol–water partition coefficient (Wildman–Crippen LogP) is 2.80. The van der Waals surface area contributed by atoms with Gasteiger partial charge in [-0.2, -0.15) is 0 Å². The molecule has 1 heteroatoms. The quantitative estimate of drug-likeness (QED) is 0.571. The van der Waals surface area contributed by atoms with Gasteiger partial charge in [-0.25, -0.2) is 0 Å². The van der Waals surface area contributed by atoms with Gasteiger partial charge >= 0.3 is 0 Å². The van der Waals surface area contributed by atoms with Crippen molar-refractivity contribution >= 4 is 0 Å². The van der Waals surface area contributed by atoms with Gasteiger partial charge in [-0.1, -0.05) is 39.5 Å². The van der Waals surface area contributed by atoms with Crippen LogP contribution in [0.1, 0.15) is 47.4 Å². The van der Waals surface area contributed by atoms with Crippen molar-refractivity contribution in [2.24, 2.45) is 11.7 Å². The van der Waals surface area contributed by atoms with E-state index in [0.29, 0.717) is 0 Å². The lowest BCUT2D eigenvalue weighted by atomic mass is 10.0. The van der Waals surface area contributed by atoms with Gasteiger partial charge in [0.1, 0.15) is 0 Å². The van der Waals surface area contributed by atoms with Crippen LogP contribution in [0.3, 0.4) is 0 Å². The molecule has 0 radical (unpaired) electrons. The summed E-state index contributed by atoms with van der Waals surface area (Å²) in [6.45, 7) is 5.42. The van der Waals surface area contributed by atoms with Crippen molar-refractivity contribution in [1.82, 2.24) is 0 Å². The fraction of sp³-hybridized carbons (Fsp3) is 1.00. The second-order valence-electron chi connectivity index (χ2n) is 3.39. The van der Waals surface area contributed by atoms with Crippen molar-refractivity contribution in [2.75, 3.05) is 6.54 Å². The summed E-state index contributed by atoms with van der Waals surface area (Å²) in [5, 5.41) is 0. The third-order valence-electron chi connectivity index (χ3n) is 1.74. The lowest BCUT2D eigenvalue weighted by molar-refractivity contribution is 0.521. The summed E-state index contributed by atoms with van der Waals surface area (Å²) in [5.41, 5.74) is 5.37. The second-order valence-corrected chi connectivity index (χ2v) is 3.39. The minimum atomic E-state index is 0. The SMILES string of the molecule is CC(C)CCCCCCN.[HH]. The summed E-state index contributed by atoms with van der Waals surface area (Å²) in [6, 6.07) is 0. The highest BCUT2D eigenvalue weighted by Crippen LogP contribution is 2.08. The van der Waals surface area contributed by atoms with Gasteiger partial charge in [0.25, 0.3) is 0 Å². The molecular formula is C9H23N. The molecule has 64 valence electrons. The maximum absolute atomic E-state index is 5.37. The molecule has 0 fully saturated rings. The highest BCUT2D eigenvalue weighted by atomic mass is 14.5. The fourth-order valence-corrected chi connectivity index (χ4v) is 1.05. The molecule has 2 N–H and O–H groups in total. The Bertz CT molecular complexity index is 64.6. The molecule has 0 rings (SSSR count). The van der Waals surface area contributed by atoms with Gasteiger partial charge in [0.05, 0.1) is 0 Å². The Labute approximate surface area is 66.5 Å². The maximum atomic E-state index is 5.37. The van der Waals surface area contributed by atoms with Crippen LogP contribution >= 0.6 is 0 Å². The van der Waals surface area contributed by atoms with E-state index in [4.69, 9.17) is 5.73 Å². The molecule has 0 unspecified atom stereocenters. The van der Waals surface area contributed by atoms with Crippen molar-refractivity contribution in [1.29, 1.82) is 0 Å². The third-order valence-corrected chi connectivity index (χ3v) is 1.74. The number of hydrogen-bond donors (Lipinski definition) is 1. The summed E-state index contributed by atoms with van der Waals surface area (Å²) in [6.07, 6.45) is 6.67. The van der Waals surface area contributed by atoms with Crippen LogP contribution in [0.4, 0.5) is 0 Å². The molecule has 0 spiro atoms. The molecular weight excluding hydrogens is 122 g/mol. The van der Waals surface area contributed by atoms with E-state index in [9.17, 15) is 0 Å². The Morgan fingerprint density at radius 3 is 2.20 bits per heavy atom. The summed E-state index contributed by atoms with van der Waals surface area (Å²) < 4.78 is 0. The molecule has 0 heterocycles. The summed E-state index contributed by atoms with van der Waals surface area (Å²) in [5.74, 6) is 0.873. The minimum absolute atomic E-state index is 0. The summed E-state index contributed by atoms with van der Waals surface area (Å²) in [7, 11) is 0. The zero-order valence-corrected chi connectivity index (χ0v) is 7.40. The van der Waals surface area contributed by atoms with Crippen LogP contribution in [0.2, 0.25) is 0 Å². The van der Waals surface area contributed by atoms with E-state index in [1.807, 2.05) is 0 Å². The second kappa shape index (κ2) is 7.07. The van der Waals surface area contributed by atoms with Gasteiger partial charge in [-0.3, -0.25) is 0 Å². The average molecular weight is 145 g/mol. The normalized spacial score (nSPS) is 10.8. The first-order chi connectivity index (χ1) is 4.77. The van der Waals surface area contributed by atoms with Crippen LogP contribution in [-0.2, 0) is 0 Å². The van der Waals surface area contributed by atoms with Gasteiger partial charge in [-0.05, 0) is 18.9 Å². The molecule has 1 nitrogen and oxygen atoms in total. The van der Waals surface area contributed by atoms with E-state index in [0.717, 1.165) is 12.5 Å². The predicted molar refractivity (Wildman–Crippen MR) is 49.1 cm³/mol. The number of hydrogen-bond acceptors (Lipinski definition) is 1. The lowest BCUT2D eigenvalue weighted by Crippen LogP contribution is -1.97. The molecule has 0 aliphatic rings. The fourth-order valence-electron chi connectivity index (χ4n) is 1.05. The summed E-state index contributed by atoms with van der Waals surface area (Å²) in [4.78, 5) is 0. The zero-order valence-electron chi connectivity index (χ0n) is 7.40. The first-order valence-electron chi connectivity index (χ1n) is 4.47. The molecule has 0 aromatic carbocycles. The molecule has 0 aromatic rings. The van der Waals surface area contributed by atoms with E-state index in [-0.39, 0.29) is 1.43 Å². The van der Waals surface area contributed by atoms with E-state index in [1.165, 1.54) is 32.1 Å². The van der Waals surface area contributed by atoms with Crippen molar-refractivity contribution in [3.63, 3.8) is 0 Å². The lowest BCUT2D eigenvalue weighted by Gasteiger charge is -2.02. The van der Waals surface area contributed by atoms with Crippen LogP contribution in [0.5, 0.6) is 0 Å². The van der Waals surface area contributed by atoms with Crippen LogP contribution in [0.15, 0.2) is 0 Å². The Morgan fingerprint density at radius 1 is 1.10 bits per heavy atom. The third kappa shape index (κ3) is 7.96. The maximum Gasteiger partial charge on any atom is 0 e. The van der Waals surface area contributed by atoms with Gasteiger partial charge < -0.3 is 5.73 Å². The van der Waals surface area contributed by atoms with Gasteiger partial charge in [-0.15, -0.1) is 0 Å². The number of rotatable bonds is 6. The van der Waals surface area contributed by atoms with Gasteiger partial charge in [0.2, 0.25) is 0 Å². The molecule has 0 saturated heterocycles. The average Bonchev–Trinajstić information content (AvgIpc) is 1.87. The molecule has 10 heavy (non-hydrogen) atoms. The van der Waals surface area contributed by atoms with E-state index >= 15 is 0 Å². The molecule has 0 aromatic heterocycles. The van der Waals surface area contributed by atoms with Crippen molar-refractivity contribution in [3.05, 3.63) is 0 Å². The summed E-state index contributed by atoms with van der Waals surface area (Å²) >= 11 is 0. The monoisotopic (exact) mass is 145 g/mol. The Hall–Kier alpha value is -0.0400. The zero-order chi connectivity index (χ0) is 7.82. The molecule has 0 saturated carbocycles. The van der Waals surface area contributed by atoms with Crippen LogP contribution in [-0.4, -0.2) is 6.54 Å². The van der Waals surface area contributed by atoms with E-state index in [1.54, 1.807) is 0 Å². The first kappa shape index (κ1) is 9.96. The van der Waals surface area contributed by atoms with E-state index in [2.05, 4.69) is 13.8 Å².